The van der Waals surface area contributed by atoms with E-state index in [0.717, 1.165) is 31.2 Å². The number of rotatable bonds is 5. The number of benzene rings is 1. The van der Waals surface area contributed by atoms with Gasteiger partial charge in [0.15, 0.2) is 0 Å². The number of aliphatic hydroxyl groups is 1. The molecule has 0 radical (unpaired) electrons. The predicted molar refractivity (Wildman–Crippen MR) is 74.7 cm³/mol. The Labute approximate surface area is 114 Å². The first-order valence-corrected chi connectivity index (χ1v) is 6.87. The van der Waals surface area contributed by atoms with E-state index in [1.54, 1.807) is 12.1 Å². The SMILES string of the molecule is NCc1ccc(C(=O)NCC2(CO)CCCC2)cc1. The summed E-state index contributed by atoms with van der Waals surface area (Å²) < 4.78 is 0. The van der Waals surface area contributed by atoms with Gasteiger partial charge in [-0.25, -0.2) is 0 Å². The maximum Gasteiger partial charge on any atom is 0.251 e. The summed E-state index contributed by atoms with van der Waals surface area (Å²) in [6, 6.07) is 7.31. The average molecular weight is 262 g/mol. The van der Waals surface area contributed by atoms with E-state index in [1.807, 2.05) is 12.1 Å². The van der Waals surface area contributed by atoms with Crippen LogP contribution in [0, 0.1) is 5.41 Å². The molecule has 0 saturated heterocycles. The van der Waals surface area contributed by atoms with Crippen LogP contribution in [0.25, 0.3) is 0 Å². The zero-order valence-electron chi connectivity index (χ0n) is 11.2. The van der Waals surface area contributed by atoms with E-state index in [4.69, 9.17) is 5.73 Å². The third kappa shape index (κ3) is 3.33. The van der Waals surface area contributed by atoms with Gasteiger partial charge in [-0.3, -0.25) is 4.79 Å². The quantitative estimate of drug-likeness (QED) is 0.751. The minimum atomic E-state index is -0.104. The number of carbonyl (C=O) groups excluding carboxylic acids is 1. The van der Waals surface area contributed by atoms with Gasteiger partial charge in [-0.05, 0) is 30.5 Å². The van der Waals surface area contributed by atoms with E-state index < -0.39 is 0 Å². The Balaban J connectivity index is 1.93. The Hall–Kier alpha value is -1.39. The molecule has 1 aromatic carbocycles. The summed E-state index contributed by atoms with van der Waals surface area (Å²) in [5.41, 5.74) is 7.08. The average Bonchev–Trinajstić information content (AvgIpc) is 2.94. The van der Waals surface area contributed by atoms with Crippen LogP contribution in [0.2, 0.25) is 0 Å². The number of hydrogen-bond acceptors (Lipinski definition) is 3. The van der Waals surface area contributed by atoms with Crippen LogP contribution in [0.3, 0.4) is 0 Å². The summed E-state index contributed by atoms with van der Waals surface area (Å²) in [6.45, 7) is 1.19. The van der Waals surface area contributed by atoms with Gasteiger partial charge >= 0.3 is 0 Å². The molecule has 2 rings (SSSR count). The fraction of sp³-hybridized carbons (Fsp3) is 0.533. The first-order chi connectivity index (χ1) is 9.19. The van der Waals surface area contributed by atoms with Crippen LogP contribution in [0.15, 0.2) is 24.3 Å². The zero-order valence-corrected chi connectivity index (χ0v) is 11.2. The molecule has 0 aliphatic heterocycles. The summed E-state index contributed by atoms with van der Waals surface area (Å²) in [5.74, 6) is -0.0803. The molecule has 1 fully saturated rings. The van der Waals surface area contributed by atoms with Gasteiger partial charge in [0.05, 0.1) is 6.61 Å². The van der Waals surface area contributed by atoms with E-state index in [1.165, 1.54) is 0 Å². The predicted octanol–water partition coefficient (Wildman–Crippen LogP) is 1.43. The van der Waals surface area contributed by atoms with Crippen LogP contribution in [0.5, 0.6) is 0 Å². The van der Waals surface area contributed by atoms with Crippen LogP contribution in [0.1, 0.15) is 41.6 Å². The standard InChI is InChI=1S/C15H22N2O2/c16-9-12-3-5-13(6-4-12)14(19)17-10-15(11-18)7-1-2-8-15/h3-6,18H,1-2,7-11,16H2,(H,17,19). The van der Waals surface area contributed by atoms with E-state index >= 15 is 0 Å². The van der Waals surface area contributed by atoms with Crippen LogP contribution in [-0.4, -0.2) is 24.2 Å². The number of carbonyl (C=O) groups is 1. The second-order valence-electron chi connectivity index (χ2n) is 5.45. The lowest BCUT2D eigenvalue weighted by Gasteiger charge is -2.26. The maximum atomic E-state index is 12.0. The number of aliphatic hydroxyl groups excluding tert-OH is 1. The highest BCUT2D eigenvalue weighted by Gasteiger charge is 2.33. The first kappa shape index (κ1) is 14.0. The third-order valence-corrected chi connectivity index (χ3v) is 4.08. The minimum Gasteiger partial charge on any atom is -0.396 e. The van der Waals surface area contributed by atoms with Gasteiger partial charge in [0.25, 0.3) is 5.91 Å². The van der Waals surface area contributed by atoms with E-state index in [9.17, 15) is 9.90 Å². The topological polar surface area (TPSA) is 75.4 Å². The molecular weight excluding hydrogens is 240 g/mol. The van der Waals surface area contributed by atoms with Crippen molar-refractivity contribution in [1.29, 1.82) is 0 Å². The number of amides is 1. The summed E-state index contributed by atoms with van der Waals surface area (Å²) in [5, 5.41) is 12.4. The van der Waals surface area contributed by atoms with E-state index in [-0.39, 0.29) is 17.9 Å². The van der Waals surface area contributed by atoms with Crippen LogP contribution in [-0.2, 0) is 6.54 Å². The molecule has 1 aliphatic carbocycles. The molecule has 1 amide bonds. The van der Waals surface area contributed by atoms with Gasteiger partial charge in [-0.15, -0.1) is 0 Å². The molecule has 4 nitrogen and oxygen atoms in total. The number of nitrogens with one attached hydrogen (secondary N) is 1. The molecule has 0 spiro atoms. The van der Waals surface area contributed by atoms with Gasteiger partial charge in [0.2, 0.25) is 0 Å². The van der Waals surface area contributed by atoms with Crippen LogP contribution < -0.4 is 11.1 Å². The molecule has 19 heavy (non-hydrogen) atoms. The van der Waals surface area contributed by atoms with Crippen molar-refractivity contribution in [3.05, 3.63) is 35.4 Å². The Morgan fingerprint density at radius 1 is 1.26 bits per heavy atom. The molecule has 1 saturated carbocycles. The van der Waals surface area contributed by atoms with Gasteiger partial charge < -0.3 is 16.2 Å². The lowest BCUT2D eigenvalue weighted by molar-refractivity contribution is 0.0880. The minimum absolute atomic E-state index is 0.0803. The normalized spacial score (nSPS) is 17.4. The fourth-order valence-electron chi connectivity index (χ4n) is 2.68. The van der Waals surface area contributed by atoms with Crippen molar-refractivity contribution in [1.82, 2.24) is 5.32 Å². The molecule has 1 aliphatic rings. The molecular formula is C15H22N2O2. The zero-order chi connectivity index (χ0) is 13.7. The van der Waals surface area contributed by atoms with Gasteiger partial charge in [-0.2, -0.15) is 0 Å². The molecule has 104 valence electrons. The lowest BCUT2D eigenvalue weighted by Crippen LogP contribution is -2.38. The largest absolute Gasteiger partial charge is 0.396 e. The second kappa shape index (κ2) is 6.17. The molecule has 0 bridgehead atoms. The lowest BCUT2D eigenvalue weighted by atomic mass is 9.87. The molecule has 0 aromatic heterocycles. The Kier molecular flexibility index (Phi) is 4.56. The summed E-state index contributed by atoms with van der Waals surface area (Å²) in [4.78, 5) is 12.0. The van der Waals surface area contributed by atoms with Crippen LogP contribution >= 0.6 is 0 Å². The molecule has 0 unspecified atom stereocenters. The maximum absolute atomic E-state index is 12.0. The van der Waals surface area contributed by atoms with Crippen molar-refractivity contribution in [3.63, 3.8) is 0 Å². The molecule has 1 aromatic rings. The fourth-order valence-corrected chi connectivity index (χ4v) is 2.68. The smallest absolute Gasteiger partial charge is 0.251 e. The molecule has 0 atom stereocenters. The number of hydrogen-bond donors (Lipinski definition) is 3. The van der Waals surface area contributed by atoms with E-state index in [0.29, 0.717) is 18.7 Å². The van der Waals surface area contributed by atoms with Gasteiger partial charge in [0, 0.05) is 24.1 Å². The van der Waals surface area contributed by atoms with Crippen LogP contribution in [0.4, 0.5) is 0 Å². The van der Waals surface area contributed by atoms with Crippen molar-refractivity contribution in [2.75, 3.05) is 13.2 Å². The summed E-state index contributed by atoms with van der Waals surface area (Å²) in [7, 11) is 0. The Bertz CT molecular complexity index is 422. The summed E-state index contributed by atoms with van der Waals surface area (Å²) >= 11 is 0. The molecule has 0 heterocycles. The van der Waals surface area contributed by atoms with Crippen molar-refractivity contribution in [2.24, 2.45) is 11.1 Å². The van der Waals surface area contributed by atoms with Crippen molar-refractivity contribution < 1.29 is 9.90 Å². The number of nitrogens with two attached hydrogens (primary N) is 1. The first-order valence-electron chi connectivity index (χ1n) is 6.87. The second-order valence-corrected chi connectivity index (χ2v) is 5.45. The molecule has 4 N–H and O–H groups in total. The van der Waals surface area contributed by atoms with Gasteiger partial charge in [0.1, 0.15) is 0 Å². The monoisotopic (exact) mass is 262 g/mol. The van der Waals surface area contributed by atoms with Crippen molar-refractivity contribution in [3.8, 4) is 0 Å². The van der Waals surface area contributed by atoms with Crippen molar-refractivity contribution >= 4 is 5.91 Å². The highest BCUT2D eigenvalue weighted by atomic mass is 16.3. The third-order valence-electron chi connectivity index (χ3n) is 4.08. The highest BCUT2D eigenvalue weighted by Crippen LogP contribution is 2.36. The Morgan fingerprint density at radius 2 is 1.89 bits per heavy atom. The summed E-state index contributed by atoms with van der Waals surface area (Å²) in [6.07, 6.45) is 4.27. The molecule has 4 heteroatoms. The van der Waals surface area contributed by atoms with E-state index in [2.05, 4.69) is 5.32 Å². The van der Waals surface area contributed by atoms with Gasteiger partial charge in [-0.1, -0.05) is 25.0 Å². The Morgan fingerprint density at radius 3 is 2.42 bits per heavy atom. The highest BCUT2D eigenvalue weighted by molar-refractivity contribution is 5.94. The van der Waals surface area contributed by atoms with Crippen molar-refractivity contribution in [2.45, 2.75) is 32.2 Å².